The van der Waals surface area contributed by atoms with Gasteiger partial charge in [-0.15, -0.1) is 0 Å². The smallest absolute Gasteiger partial charge is 0.133 e. The minimum Gasteiger partial charge on any atom is -0.304 e. The number of likely N-dealkylation sites (N-methyl/N-ethyl adjacent to an activating group) is 1. The maximum atomic E-state index is 10.1. The number of carbonyl (C=O) groups excluding carboxylic acids is 1. The van der Waals surface area contributed by atoms with Crippen LogP contribution in [-0.2, 0) is 4.79 Å². The third kappa shape index (κ3) is 8.20. The zero-order valence-corrected chi connectivity index (χ0v) is 10.4. The number of carbonyl (C=O) groups is 1. The van der Waals surface area contributed by atoms with Crippen LogP contribution in [0.4, 0.5) is 0 Å². The molecule has 0 spiro atoms. The largest absolute Gasteiger partial charge is 0.304 e. The topological polar surface area (TPSA) is 23.6 Å². The van der Waals surface area contributed by atoms with Gasteiger partial charge in [0.15, 0.2) is 0 Å². The van der Waals surface area contributed by atoms with Crippen molar-refractivity contribution in [3.63, 3.8) is 0 Å². The average Bonchev–Trinajstić information content (AvgIpc) is 2.28. The van der Waals surface area contributed by atoms with E-state index in [0.717, 1.165) is 32.5 Å². The normalized spacial score (nSPS) is 17.2. The van der Waals surface area contributed by atoms with Gasteiger partial charge in [-0.05, 0) is 7.05 Å². The molecule has 0 unspecified atom stereocenters. The second-order valence-corrected chi connectivity index (χ2v) is 2.77. The van der Waals surface area contributed by atoms with Crippen molar-refractivity contribution in [3.8, 4) is 0 Å². The van der Waals surface area contributed by atoms with Gasteiger partial charge in [-0.1, -0.05) is 27.7 Å². The Morgan fingerprint density at radius 2 is 1.43 bits per heavy atom. The van der Waals surface area contributed by atoms with Gasteiger partial charge in [0, 0.05) is 26.2 Å². The molecule has 0 radical (unpaired) electrons. The monoisotopic (exact) mass is 202 g/mol. The summed E-state index contributed by atoms with van der Waals surface area (Å²) in [7, 11) is 2.11. The van der Waals surface area contributed by atoms with E-state index < -0.39 is 0 Å². The number of nitrogens with zero attached hydrogens (tertiary/aromatic N) is 2. The quantitative estimate of drug-likeness (QED) is 0.634. The van der Waals surface area contributed by atoms with Crippen molar-refractivity contribution in [2.24, 2.45) is 0 Å². The Hall–Kier alpha value is -0.410. The maximum Gasteiger partial charge on any atom is 0.133 e. The van der Waals surface area contributed by atoms with Crippen molar-refractivity contribution in [1.29, 1.82) is 0 Å². The molecular weight excluding hydrogens is 176 g/mol. The van der Waals surface area contributed by atoms with Gasteiger partial charge in [-0.25, -0.2) is 0 Å². The molecule has 0 atom stereocenters. The summed E-state index contributed by atoms with van der Waals surface area (Å²) in [5.41, 5.74) is 0. The first-order valence-electron chi connectivity index (χ1n) is 5.67. The summed E-state index contributed by atoms with van der Waals surface area (Å²) < 4.78 is 0. The fourth-order valence-electron chi connectivity index (χ4n) is 1.14. The molecule has 0 bridgehead atoms. The average molecular weight is 202 g/mol. The van der Waals surface area contributed by atoms with E-state index in [1.54, 1.807) is 0 Å². The first kappa shape index (κ1) is 16.0. The van der Waals surface area contributed by atoms with Crippen molar-refractivity contribution >= 4 is 6.29 Å². The molecule has 1 aliphatic heterocycles. The molecule has 0 aliphatic carbocycles. The molecule has 0 aromatic heterocycles. The molecule has 14 heavy (non-hydrogen) atoms. The van der Waals surface area contributed by atoms with E-state index in [1.165, 1.54) is 0 Å². The molecule has 1 rings (SSSR count). The van der Waals surface area contributed by atoms with Gasteiger partial charge in [0.25, 0.3) is 0 Å². The van der Waals surface area contributed by atoms with Crippen LogP contribution in [0.1, 0.15) is 27.7 Å². The van der Waals surface area contributed by atoms with Crippen molar-refractivity contribution in [3.05, 3.63) is 0 Å². The van der Waals surface area contributed by atoms with E-state index in [-0.39, 0.29) is 0 Å². The lowest BCUT2D eigenvalue weighted by Crippen LogP contribution is -2.44. The molecule has 0 aromatic carbocycles. The summed E-state index contributed by atoms with van der Waals surface area (Å²) in [4.78, 5) is 14.6. The Morgan fingerprint density at radius 1 is 1.00 bits per heavy atom. The van der Waals surface area contributed by atoms with Crippen molar-refractivity contribution < 1.29 is 4.79 Å². The maximum absolute atomic E-state index is 10.1. The summed E-state index contributed by atoms with van der Waals surface area (Å²) in [6.07, 6.45) is 0.978. The summed E-state index contributed by atoms with van der Waals surface area (Å²) in [6.45, 7) is 12.9. The lowest BCUT2D eigenvalue weighted by Gasteiger charge is -2.30. The molecule has 86 valence electrons. The van der Waals surface area contributed by atoms with E-state index >= 15 is 0 Å². The van der Waals surface area contributed by atoms with Crippen LogP contribution in [0.15, 0.2) is 0 Å². The minimum atomic E-state index is 0.605. The highest BCUT2D eigenvalue weighted by atomic mass is 16.1. The second-order valence-electron chi connectivity index (χ2n) is 2.77. The van der Waals surface area contributed by atoms with Crippen LogP contribution in [0.3, 0.4) is 0 Å². The third-order valence-electron chi connectivity index (χ3n) is 1.93. The van der Waals surface area contributed by atoms with Crippen LogP contribution in [0.5, 0.6) is 0 Å². The van der Waals surface area contributed by atoms with E-state index in [4.69, 9.17) is 0 Å². The highest BCUT2D eigenvalue weighted by Gasteiger charge is 2.11. The van der Waals surface area contributed by atoms with Crippen molar-refractivity contribution in [2.75, 3.05) is 39.8 Å². The molecular formula is C11H26N2O. The number of piperazine rings is 1. The molecule has 1 saturated heterocycles. The van der Waals surface area contributed by atoms with Crippen LogP contribution in [0.2, 0.25) is 0 Å². The lowest BCUT2D eigenvalue weighted by molar-refractivity contribution is -0.109. The van der Waals surface area contributed by atoms with Gasteiger partial charge >= 0.3 is 0 Å². The third-order valence-corrected chi connectivity index (χ3v) is 1.93. The first-order chi connectivity index (χ1) is 6.83. The fourth-order valence-corrected chi connectivity index (χ4v) is 1.14. The summed E-state index contributed by atoms with van der Waals surface area (Å²) in [6, 6.07) is 0. The van der Waals surface area contributed by atoms with Gasteiger partial charge in [-0.3, -0.25) is 4.90 Å². The van der Waals surface area contributed by atoms with E-state index in [9.17, 15) is 4.79 Å². The number of rotatable bonds is 2. The summed E-state index contributed by atoms with van der Waals surface area (Å²) in [5.74, 6) is 0. The van der Waals surface area contributed by atoms with Crippen LogP contribution >= 0.6 is 0 Å². The molecule has 0 saturated carbocycles. The molecule has 1 heterocycles. The minimum absolute atomic E-state index is 0.605. The zero-order valence-electron chi connectivity index (χ0n) is 10.4. The molecule has 1 fully saturated rings. The van der Waals surface area contributed by atoms with Gasteiger partial charge in [0.2, 0.25) is 0 Å². The summed E-state index contributed by atoms with van der Waals surface area (Å²) in [5, 5.41) is 0. The Labute approximate surface area is 89.1 Å². The SMILES string of the molecule is CC.CC.CN1CCN(CC=O)CC1. The van der Waals surface area contributed by atoms with Gasteiger partial charge in [0.05, 0.1) is 6.54 Å². The predicted octanol–water partition coefficient (Wildman–Crippen LogP) is 1.49. The molecule has 0 amide bonds. The van der Waals surface area contributed by atoms with Crippen molar-refractivity contribution in [2.45, 2.75) is 27.7 Å². The highest BCUT2D eigenvalue weighted by Crippen LogP contribution is 1.96. The Balaban J connectivity index is 0. The molecule has 0 aromatic rings. The predicted molar refractivity (Wildman–Crippen MR) is 62.7 cm³/mol. The van der Waals surface area contributed by atoms with Crippen LogP contribution < -0.4 is 0 Å². The first-order valence-corrected chi connectivity index (χ1v) is 5.67. The Morgan fingerprint density at radius 3 is 1.79 bits per heavy atom. The Kier molecular flexibility index (Phi) is 14.4. The van der Waals surface area contributed by atoms with Crippen LogP contribution in [0, 0.1) is 0 Å². The van der Waals surface area contributed by atoms with Crippen molar-refractivity contribution in [1.82, 2.24) is 9.80 Å². The number of hydrogen-bond acceptors (Lipinski definition) is 3. The second kappa shape index (κ2) is 12.6. The Bertz CT molecular complexity index is 110. The summed E-state index contributed by atoms with van der Waals surface area (Å²) >= 11 is 0. The van der Waals surface area contributed by atoms with E-state index in [0.29, 0.717) is 6.54 Å². The zero-order chi connectivity index (χ0) is 11.4. The van der Waals surface area contributed by atoms with Crippen LogP contribution in [0.25, 0.3) is 0 Å². The van der Waals surface area contributed by atoms with Gasteiger partial charge in [0.1, 0.15) is 6.29 Å². The van der Waals surface area contributed by atoms with Gasteiger partial charge in [-0.2, -0.15) is 0 Å². The lowest BCUT2D eigenvalue weighted by atomic mass is 10.3. The van der Waals surface area contributed by atoms with E-state index in [2.05, 4.69) is 16.8 Å². The number of hydrogen-bond donors (Lipinski definition) is 0. The van der Waals surface area contributed by atoms with E-state index in [1.807, 2.05) is 27.7 Å². The molecule has 3 heteroatoms. The highest BCUT2D eigenvalue weighted by molar-refractivity contribution is 5.51. The molecule has 3 nitrogen and oxygen atoms in total. The van der Waals surface area contributed by atoms with Gasteiger partial charge < -0.3 is 9.69 Å². The standard InChI is InChI=1S/C7H14N2O.2C2H6/c1-8-2-4-9(5-3-8)6-7-10;2*1-2/h7H,2-6H2,1H3;2*1-2H3. The van der Waals surface area contributed by atoms with Crippen LogP contribution in [-0.4, -0.2) is 55.9 Å². The molecule has 0 N–H and O–H groups in total. The molecule has 1 aliphatic rings. The number of aldehydes is 1. The fraction of sp³-hybridized carbons (Fsp3) is 0.909.